The fourth-order valence-corrected chi connectivity index (χ4v) is 3.03. The van der Waals surface area contributed by atoms with Crippen LogP contribution in [0.2, 0.25) is 0 Å². The number of benzene rings is 1. The van der Waals surface area contributed by atoms with E-state index in [0.29, 0.717) is 12.6 Å². The zero-order chi connectivity index (χ0) is 13.9. The summed E-state index contributed by atoms with van der Waals surface area (Å²) in [5, 5.41) is 1.58. The van der Waals surface area contributed by atoms with E-state index in [-0.39, 0.29) is 12.1 Å². The van der Waals surface area contributed by atoms with Crippen molar-refractivity contribution in [1.29, 1.82) is 0 Å². The second kappa shape index (κ2) is 5.67. The van der Waals surface area contributed by atoms with Gasteiger partial charge < -0.3 is 4.90 Å². The molecule has 0 N–H and O–H groups in total. The Morgan fingerprint density at radius 1 is 1.30 bits per heavy atom. The molecule has 2 atom stereocenters. The molecule has 3 rings (SSSR count). The van der Waals surface area contributed by atoms with E-state index in [1.165, 1.54) is 0 Å². The summed E-state index contributed by atoms with van der Waals surface area (Å²) in [6.07, 6.45) is 4.81. The molecule has 4 nitrogen and oxygen atoms in total. The molecule has 0 unspecified atom stereocenters. The molecule has 2 fully saturated rings. The van der Waals surface area contributed by atoms with E-state index in [4.69, 9.17) is 4.84 Å². The standard InChI is InChI=1S/C16H20N2O2/c1-2-6-14-9-10-15-11-17(14)16(19)18(15)20-12-13-7-4-3-5-8-13/h2-5,7-8,14-15H,1,6,9-12H2/t14-,15-/m1/s1. The monoisotopic (exact) mass is 272 g/mol. The van der Waals surface area contributed by atoms with E-state index >= 15 is 0 Å². The maximum Gasteiger partial charge on any atom is 0.344 e. The fourth-order valence-electron chi connectivity index (χ4n) is 3.03. The number of piperidine rings is 1. The van der Waals surface area contributed by atoms with Gasteiger partial charge in [-0.2, -0.15) is 5.06 Å². The van der Waals surface area contributed by atoms with Crippen LogP contribution in [0.25, 0.3) is 0 Å². The maximum atomic E-state index is 12.4. The first kappa shape index (κ1) is 13.2. The Bertz CT molecular complexity index is 489. The number of urea groups is 1. The Kier molecular flexibility index (Phi) is 3.74. The molecule has 0 radical (unpaired) electrons. The summed E-state index contributed by atoms with van der Waals surface area (Å²) >= 11 is 0. The van der Waals surface area contributed by atoms with Crippen molar-refractivity contribution in [2.45, 2.75) is 38.0 Å². The van der Waals surface area contributed by atoms with Gasteiger partial charge in [-0.25, -0.2) is 4.79 Å². The maximum absolute atomic E-state index is 12.4. The van der Waals surface area contributed by atoms with Gasteiger partial charge in [0.05, 0.1) is 6.04 Å². The topological polar surface area (TPSA) is 32.8 Å². The molecule has 0 saturated carbocycles. The number of hydrogen-bond acceptors (Lipinski definition) is 2. The van der Waals surface area contributed by atoms with Gasteiger partial charge in [-0.3, -0.25) is 4.84 Å². The van der Waals surface area contributed by atoms with Crippen LogP contribution in [-0.4, -0.2) is 34.6 Å². The lowest BCUT2D eigenvalue weighted by Crippen LogP contribution is -2.39. The Morgan fingerprint density at radius 3 is 2.85 bits per heavy atom. The molecular formula is C16H20N2O2. The first-order valence-corrected chi connectivity index (χ1v) is 7.17. The molecule has 2 aliphatic rings. The highest BCUT2D eigenvalue weighted by molar-refractivity contribution is 5.76. The van der Waals surface area contributed by atoms with Crippen molar-refractivity contribution < 1.29 is 9.63 Å². The minimum absolute atomic E-state index is 0.00952. The number of nitrogens with zero attached hydrogens (tertiary/aromatic N) is 2. The van der Waals surface area contributed by atoms with Crippen LogP contribution in [0.15, 0.2) is 43.0 Å². The number of rotatable bonds is 5. The van der Waals surface area contributed by atoms with Crippen molar-refractivity contribution in [3.8, 4) is 0 Å². The predicted octanol–water partition coefficient (Wildman–Crippen LogP) is 2.96. The van der Waals surface area contributed by atoms with E-state index in [2.05, 4.69) is 6.58 Å². The zero-order valence-corrected chi connectivity index (χ0v) is 11.6. The predicted molar refractivity (Wildman–Crippen MR) is 76.8 cm³/mol. The highest BCUT2D eigenvalue weighted by Gasteiger charge is 2.44. The summed E-state index contributed by atoms with van der Waals surface area (Å²) in [5.74, 6) is 0. The summed E-state index contributed by atoms with van der Waals surface area (Å²) in [4.78, 5) is 20.1. The summed E-state index contributed by atoms with van der Waals surface area (Å²) in [6, 6.07) is 10.5. The van der Waals surface area contributed by atoms with Crippen LogP contribution < -0.4 is 0 Å². The number of amides is 2. The smallest absolute Gasteiger partial charge is 0.317 e. The lowest BCUT2D eigenvalue weighted by molar-refractivity contribution is -0.140. The molecule has 106 valence electrons. The first-order chi connectivity index (χ1) is 9.79. The molecular weight excluding hydrogens is 252 g/mol. The zero-order valence-electron chi connectivity index (χ0n) is 11.6. The second-order valence-electron chi connectivity index (χ2n) is 5.43. The highest BCUT2D eigenvalue weighted by Crippen LogP contribution is 2.31. The molecule has 1 aromatic carbocycles. The Labute approximate surface area is 119 Å². The van der Waals surface area contributed by atoms with Gasteiger partial charge in [-0.15, -0.1) is 6.58 Å². The van der Waals surface area contributed by atoms with Gasteiger partial charge in [0.1, 0.15) is 6.61 Å². The van der Waals surface area contributed by atoms with Gasteiger partial charge in [-0.05, 0) is 24.8 Å². The van der Waals surface area contributed by atoms with Gasteiger partial charge in [0.15, 0.2) is 0 Å². The number of carbonyl (C=O) groups is 1. The van der Waals surface area contributed by atoms with Crippen LogP contribution in [0.1, 0.15) is 24.8 Å². The number of fused-ring (bicyclic) bond motifs is 2. The van der Waals surface area contributed by atoms with Crippen molar-refractivity contribution in [3.05, 3.63) is 48.6 Å². The largest absolute Gasteiger partial charge is 0.344 e. The highest BCUT2D eigenvalue weighted by atomic mass is 16.7. The quantitative estimate of drug-likeness (QED) is 0.772. The lowest BCUT2D eigenvalue weighted by Gasteiger charge is -2.29. The average molecular weight is 272 g/mol. The molecule has 2 aliphatic heterocycles. The molecule has 2 amide bonds. The molecule has 20 heavy (non-hydrogen) atoms. The van der Waals surface area contributed by atoms with Crippen molar-refractivity contribution in [2.75, 3.05) is 6.54 Å². The van der Waals surface area contributed by atoms with Crippen LogP contribution in [0, 0.1) is 0 Å². The third kappa shape index (κ3) is 2.43. The Morgan fingerprint density at radius 2 is 2.10 bits per heavy atom. The molecule has 1 aromatic rings. The number of hydroxylamine groups is 2. The normalized spacial score (nSPS) is 25.1. The Hall–Kier alpha value is -1.81. The first-order valence-electron chi connectivity index (χ1n) is 7.17. The number of hydrogen-bond donors (Lipinski definition) is 0. The molecule has 2 saturated heterocycles. The van der Waals surface area contributed by atoms with Gasteiger partial charge in [0, 0.05) is 12.6 Å². The van der Waals surface area contributed by atoms with Crippen molar-refractivity contribution in [3.63, 3.8) is 0 Å². The lowest BCUT2D eigenvalue weighted by atomic mass is 9.98. The Balaban J connectivity index is 1.64. The fraction of sp³-hybridized carbons (Fsp3) is 0.438. The molecule has 4 heteroatoms. The second-order valence-corrected chi connectivity index (χ2v) is 5.43. The third-order valence-corrected chi connectivity index (χ3v) is 4.10. The molecule has 0 aliphatic carbocycles. The van der Waals surface area contributed by atoms with E-state index < -0.39 is 0 Å². The summed E-state index contributed by atoms with van der Waals surface area (Å²) < 4.78 is 0. The van der Waals surface area contributed by atoms with E-state index in [1.54, 1.807) is 5.06 Å². The van der Waals surface area contributed by atoms with Crippen molar-refractivity contribution >= 4 is 6.03 Å². The SMILES string of the molecule is C=CC[C@@H]1CC[C@@H]2CN1C(=O)N2OCc1ccccc1. The van der Waals surface area contributed by atoms with E-state index in [9.17, 15) is 4.79 Å². The van der Waals surface area contributed by atoms with E-state index in [1.807, 2.05) is 41.3 Å². The summed E-state index contributed by atoms with van der Waals surface area (Å²) in [6.45, 7) is 5.01. The van der Waals surface area contributed by atoms with Gasteiger partial charge in [0.25, 0.3) is 0 Å². The minimum Gasteiger partial charge on any atom is -0.317 e. The third-order valence-electron chi connectivity index (χ3n) is 4.10. The summed E-state index contributed by atoms with van der Waals surface area (Å²) in [5.41, 5.74) is 1.08. The van der Waals surface area contributed by atoms with Crippen LogP contribution in [-0.2, 0) is 11.4 Å². The van der Waals surface area contributed by atoms with Crippen LogP contribution in [0.5, 0.6) is 0 Å². The molecule has 2 bridgehead atoms. The molecule has 0 spiro atoms. The van der Waals surface area contributed by atoms with Gasteiger partial charge in [-0.1, -0.05) is 36.4 Å². The molecule has 2 heterocycles. The van der Waals surface area contributed by atoms with Gasteiger partial charge >= 0.3 is 6.03 Å². The van der Waals surface area contributed by atoms with Crippen molar-refractivity contribution in [1.82, 2.24) is 9.96 Å². The van der Waals surface area contributed by atoms with Crippen LogP contribution >= 0.6 is 0 Å². The number of carbonyl (C=O) groups excluding carboxylic acids is 1. The minimum atomic E-state index is 0.00952. The van der Waals surface area contributed by atoms with Gasteiger partial charge in [0.2, 0.25) is 0 Å². The van der Waals surface area contributed by atoms with E-state index in [0.717, 1.165) is 31.4 Å². The van der Waals surface area contributed by atoms with Crippen LogP contribution in [0.4, 0.5) is 4.79 Å². The average Bonchev–Trinajstić information content (AvgIpc) is 2.73. The molecule has 0 aromatic heterocycles. The van der Waals surface area contributed by atoms with Crippen LogP contribution in [0.3, 0.4) is 0 Å². The van der Waals surface area contributed by atoms with Crippen molar-refractivity contribution in [2.24, 2.45) is 0 Å². The summed E-state index contributed by atoms with van der Waals surface area (Å²) in [7, 11) is 0.